The molecule has 2 aromatic rings. The molecule has 0 heterocycles. The number of hydrogen-bond donors (Lipinski definition) is 1. The Kier molecular flexibility index (Phi) is 3.89. The van der Waals surface area contributed by atoms with Crippen molar-refractivity contribution < 1.29 is 0 Å². The maximum atomic E-state index is 5.86. The lowest BCUT2D eigenvalue weighted by Gasteiger charge is -2.03. The van der Waals surface area contributed by atoms with Crippen molar-refractivity contribution in [1.29, 1.82) is 0 Å². The summed E-state index contributed by atoms with van der Waals surface area (Å²) >= 11 is 1.67. The zero-order chi connectivity index (χ0) is 12.1. The minimum absolute atomic E-state index is 0.842. The van der Waals surface area contributed by atoms with Crippen molar-refractivity contribution in [2.24, 2.45) is 0 Å². The van der Waals surface area contributed by atoms with Gasteiger partial charge in [0.25, 0.3) is 0 Å². The number of anilines is 1. The molecule has 0 amide bonds. The summed E-state index contributed by atoms with van der Waals surface area (Å²) in [6, 6.07) is 16.4. The summed E-state index contributed by atoms with van der Waals surface area (Å²) in [6.07, 6.45) is 6.25. The van der Waals surface area contributed by atoms with Crippen molar-refractivity contribution in [2.75, 3.05) is 12.0 Å². The Hall–Kier alpha value is -1.67. The molecule has 0 aromatic heterocycles. The maximum absolute atomic E-state index is 5.86. The van der Waals surface area contributed by atoms with Gasteiger partial charge in [0.15, 0.2) is 0 Å². The van der Waals surface area contributed by atoms with E-state index in [1.165, 1.54) is 11.1 Å². The second-order valence-corrected chi connectivity index (χ2v) is 4.59. The van der Waals surface area contributed by atoms with E-state index in [1.54, 1.807) is 11.8 Å². The summed E-state index contributed by atoms with van der Waals surface area (Å²) in [5.41, 5.74) is 9.08. The molecular weight excluding hydrogens is 226 g/mol. The van der Waals surface area contributed by atoms with E-state index in [-0.39, 0.29) is 0 Å². The average molecular weight is 241 g/mol. The number of rotatable bonds is 3. The van der Waals surface area contributed by atoms with Crippen LogP contribution in [0.2, 0.25) is 0 Å². The predicted molar refractivity (Wildman–Crippen MR) is 78.0 cm³/mol. The molecule has 0 atom stereocenters. The molecule has 0 spiro atoms. The van der Waals surface area contributed by atoms with Crippen LogP contribution in [-0.2, 0) is 0 Å². The van der Waals surface area contributed by atoms with Crippen LogP contribution < -0.4 is 5.73 Å². The highest BCUT2D eigenvalue weighted by Crippen LogP contribution is 2.24. The summed E-state index contributed by atoms with van der Waals surface area (Å²) in [5.74, 6) is 0. The first-order valence-corrected chi connectivity index (χ1v) is 6.69. The number of thioether (sulfide) groups is 1. The molecule has 0 saturated carbocycles. The van der Waals surface area contributed by atoms with Crippen molar-refractivity contribution in [1.82, 2.24) is 0 Å². The molecule has 86 valence electrons. The van der Waals surface area contributed by atoms with Crippen LogP contribution in [0.5, 0.6) is 0 Å². The molecular formula is C15H15NS. The van der Waals surface area contributed by atoms with E-state index < -0.39 is 0 Å². The normalized spacial score (nSPS) is 10.9. The van der Waals surface area contributed by atoms with E-state index in [2.05, 4.69) is 30.4 Å². The molecule has 0 saturated heterocycles. The van der Waals surface area contributed by atoms with E-state index >= 15 is 0 Å². The minimum Gasteiger partial charge on any atom is -0.398 e. The average Bonchev–Trinajstić information content (AvgIpc) is 2.39. The molecule has 0 aliphatic heterocycles. The van der Waals surface area contributed by atoms with Crippen molar-refractivity contribution in [3.05, 3.63) is 59.7 Å². The summed E-state index contributed by atoms with van der Waals surface area (Å²) < 4.78 is 0. The molecule has 0 radical (unpaired) electrons. The van der Waals surface area contributed by atoms with Crippen LogP contribution in [-0.4, -0.2) is 6.26 Å². The second-order valence-electron chi connectivity index (χ2n) is 3.75. The van der Waals surface area contributed by atoms with Crippen LogP contribution in [0, 0.1) is 0 Å². The summed E-state index contributed by atoms with van der Waals surface area (Å²) in [4.78, 5) is 1.13. The monoisotopic (exact) mass is 241 g/mol. The molecule has 2 rings (SSSR count). The van der Waals surface area contributed by atoms with Gasteiger partial charge in [0, 0.05) is 10.6 Å². The molecule has 0 bridgehead atoms. The first-order valence-electron chi connectivity index (χ1n) is 5.46. The third-order valence-corrected chi connectivity index (χ3v) is 3.32. The van der Waals surface area contributed by atoms with E-state index in [4.69, 9.17) is 5.73 Å². The molecule has 2 aromatic carbocycles. The first-order chi connectivity index (χ1) is 8.29. The summed E-state index contributed by atoms with van der Waals surface area (Å²) in [7, 11) is 0. The van der Waals surface area contributed by atoms with E-state index in [9.17, 15) is 0 Å². The number of hydrogen-bond acceptors (Lipinski definition) is 2. The molecule has 0 fully saturated rings. The molecule has 17 heavy (non-hydrogen) atoms. The lowest BCUT2D eigenvalue weighted by atomic mass is 10.1. The summed E-state index contributed by atoms with van der Waals surface area (Å²) in [5, 5.41) is 0. The van der Waals surface area contributed by atoms with Crippen LogP contribution in [0.3, 0.4) is 0 Å². The van der Waals surface area contributed by atoms with Gasteiger partial charge in [0.2, 0.25) is 0 Å². The zero-order valence-corrected chi connectivity index (χ0v) is 10.6. The topological polar surface area (TPSA) is 26.0 Å². The van der Waals surface area contributed by atoms with Gasteiger partial charge in [-0.3, -0.25) is 0 Å². The van der Waals surface area contributed by atoms with Gasteiger partial charge in [-0.2, -0.15) is 0 Å². The van der Waals surface area contributed by atoms with E-state index in [0.717, 1.165) is 10.6 Å². The molecule has 0 aliphatic carbocycles. The smallest absolute Gasteiger partial charge is 0.0452 e. The fourth-order valence-electron chi connectivity index (χ4n) is 1.59. The Bertz CT molecular complexity index is 518. The van der Waals surface area contributed by atoms with Crippen LogP contribution in [0.4, 0.5) is 5.69 Å². The predicted octanol–water partition coefficient (Wildman–Crippen LogP) is 4.16. The van der Waals surface area contributed by atoms with E-state index in [0.29, 0.717) is 0 Å². The zero-order valence-electron chi connectivity index (χ0n) is 9.76. The van der Waals surface area contributed by atoms with Gasteiger partial charge < -0.3 is 5.73 Å². The van der Waals surface area contributed by atoms with Crippen LogP contribution in [0.1, 0.15) is 11.1 Å². The van der Waals surface area contributed by atoms with Crippen LogP contribution in [0.15, 0.2) is 53.4 Å². The van der Waals surface area contributed by atoms with E-state index in [1.807, 2.05) is 36.6 Å². The fraction of sp³-hybridized carbons (Fsp3) is 0.0667. The fourth-order valence-corrected chi connectivity index (χ4v) is 2.15. The third-order valence-electron chi connectivity index (χ3n) is 2.53. The lowest BCUT2D eigenvalue weighted by molar-refractivity contribution is 1.45. The highest BCUT2D eigenvalue weighted by atomic mass is 32.2. The van der Waals surface area contributed by atoms with Gasteiger partial charge in [-0.15, -0.1) is 11.8 Å². The van der Waals surface area contributed by atoms with Gasteiger partial charge >= 0.3 is 0 Å². The van der Waals surface area contributed by atoms with Crippen molar-refractivity contribution >= 4 is 29.6 Å². The van der Waals surface area contributed by atoms with Crippen molar-refractivity contribution in [2.45, 2.75) is 4.90 Å². The number of benzene rings is 2. The van der Waals surface area contributed by atoms with Gasteiger partial charge in [-0.25, -0.2) is 0 Å². The van der Waals surface area contributed by atoms with Gasteiger partial charge in [-0.05, 0) is 29.5 Å². The Morgan fingerprint density at radius 2 is 1.65 bits per heavy atom. The van der Waals surface area contributed by atoms with Crippen LogP contribution in [0.25, 0.3) is 12.2 Å². The third kappa shape index (κ3) is 3.14. The Morgan fingerprint density at radius 1 is 0.941 bits per heavy atom. The lowest BCUT2D eigenvalue weighted by Crippen LogP contribution is -1.88. The number of nitrogens with two attached hydrogens (primary N) is 1. The van der Waals surface area contributed by atoms with Gasteiger partial charge in [-0.1, -0.05) is 48.6 Å². The SMILES string of the molecule is CSc1cc(/C=C/c2ccccc2)ccc1N. The molecule has 2 heteroatoms. The minimum atomic E-state index is 0.842. The highest BCUT2D eigenvalue weighted by Gasteiger charge is 1.97. The Labute approximate surface area is 106 Å². The Morgan fingerprint density at radius 3 is 2.35 bits per heavy atom. The molecule has 0 unspecified atom stereocenters. The summed E-state index contributed by atoms with van der Waals surface area (Å²) in [6.45, 7) is 0. The molecule has 1 nitrogen and oxygen atoms in total. The Balaban J connectivity index is 2.22. The van der Waals surface area contributed by atoms with Gasteiger partial charge in [0.05, 0.1) is 0 Å². The van der Waals surface area contributed by atoms with Gasteiger partial charge in [0.1, 0.15) is 0 Å². The largest absolute Gasteiger partial charge is 0.398 e. The van der Waals surface area contributed by atoms with Crippen LogP contribution >= 0.6 is 11.8 Å². The van der Waals surface area contributed by atoms with Crippen molar-refractivity contribution in [3.8, 4) is 0 Å². The quantitative estimate of drug-likeness (QED) is 0.496. The maximum Gasteiger partial charge on any atom is 0.0452 e. The standard InChI is InChI=1S/C15H15NS/c1-17-15-11-13(9-10-14(15)16)8-7-12-5-3-2-4-6-12/h2-11H,16H2,1H3/b8-7+. The first kappa shape index (κ1) is 11.8. The molecule has 2 N–H and O–H groups in total. The van der Waals surface area contributed by atoms with Crippen molar-refractivity contribution in [3.63, 3.8) is 0 Å². The highest BCUT2D eigenvalue weighted by molar-refractivity contribution is 7.98. The second kappa shape index (κ2) is 5.60. The number of nitrogen functional groups attached to an aromatic ring is 1. The molecule has 0 aliphatic rings.